The van der Waals surface area contributed by atoms with E-state index < -0.39 is 17.4 Å². The first-order chi connectivity index (χ1) is 15.9. The lowest BCUT2D eigenvalue weighted by atomic mass is 9.76. The molecule has 3 aliphatic rings. The SMILES string of the molecule is CSCC[C@H]1N[C@]2(C(=O)Nc3c(C)cc(C)cc32)[C@@H]2C(=O)N(CCc3ccccc3)C(=O)[C@@H]21. The lowest BCUT2D eigenvalue weighted by Gasteiger charge is -2.30. The second-order valence-electron chi connectivity index (χ2n) is 9.37. The van der Waals surface area contributed by atoms with Gasteiger partial charge < -0.3 is 5.32 Å². The smallest absolute Gasteiger partial charge is 0.250 e. The number of nitrogens with zero attached hydrogens (tertiary/aromatic N) is 1. The van der Waals surface area contributed by atoms with Gasteiger partial charge in [0.2, 0.25) is 17.7 Å². The molecule has 2 aromatic carbocycles. The van der Waals surface area contributed by atoms with E-state index >= 15 is 0 Å². The number of hydrogen-bond acceptors (Lipinski definition) is 5. The molecule has 1 spiro atoms. The first kappa shape index (κ1) is 22.2. The average molecular weight is 464 g/mol. The molecule has 3 heterocycles. The molecule has 0 saturated carbocycles. The van der Waals surface area contributed by atoms with Gasteiger partial charge in [0.15, 0.2) is 0 Å². The predicted molar refractivity (Wildman–Crippen MR) is 130 cm³/mol. The van der Waals surface area contributed by atoms with E-state index in [-0.39, 0.29) is 23.8 Å². The Kier molecular flexibility index (Phi) is 5.57. The number of fused-ring (bicyclic) bond motifs is 4. The fourth-order valence-corrected chi connectivity index (χ4v) is 6.41. The van der Waals surface area contributed by atoms with Gasteiger partial charge >= 0.3 is 0 Å². The van der Waals surface area contributed by atoms with E-state index in [0.717, 1.165) is 40.1 Å². The van der Waals surface area contributed by atoms with Crippen LogP contribution in [-0.2, 0) is 26.3 Å². The molecular formula is C26H29N3O3S. The first-order valence-electron chi connectivity index (χ1n) is 11.5. The third-order valence-electron chi connectivity index (χ3n) is 7.36. The van der Waals surface area contributed by atoms with Crippen molar-refractivity contribution in [2.75, 3.05) is 23.9 Å². The predicted octanol–water partition coefficient (Wildman–Crippen LogP) is 3.02. The van der Waals surface area contributed by atoms with Crippen molar-refractivity contribution in [3.8, 4) is 0 Å². The summed E-state index contributed by atoms with van der Waals surface area (Å²) in [5.41, 5.74) is 3.46. The molecule has 4 atom stereocenters. The Bertz CT molecular complexity index is 1140. The van der Waals surface area contributed by atoms with Crippen molar-refractivity contribution in [1.82, 2.24) is 10.2 Å². The number of anilines is 1. The third-order valence-corrected chi connectivity index (χ3v) is 8.00. The highest BCUT2D eigenvalue weighted by atomic mass is 32.2. The molecule has 2 N–H and O–H groups in total. The Balaban J connectivity index is 1.55. The van der Waals surface area contributed by atoms with Crippen molar-refractivity contribution in [1.29, 1.82) is 0 Å². The van der Waals surface area contributed by atoms with Crippen molar-refractivity contribution in [2.45, 2.75) is 38.3 Å². The topological polar surface area (TPSA) is 78.5 Å². The zero-order chi connectivity index (χ0) is 23.3. The van der Waals surface area contributed by atoms with E-state index in [9.17, 15) is 14.4 Å². The minimum atomic E-state index is -1.20. The largest absolute Gasteiger partial charge is 0.324 e. The van der Waals surface area contributed by atoms with Crippen LogP contribution in [0.4, 0.5) is 5.69 Å². The van der Waals surface area contributed by atoms with Gasteiger partial charge in [0.25, 0.3) is 0 Å². The van der Waals surface area contributed by atoms with E-state index in [4.69, 9.17) is 0 Å². The summed E-state index contributed by atoms with van der Waals surface area (Å²) >= 11 is 1.70. The summed E-state index contributed by atoms with van der Waals surface area (Å²) in [7, 11) is 0. The van der Waals surface area contributed by atoms with E-state index in [1.165, 1.54) is 4.90 Å². The number of rotatable bonds is 6. The Morgan fingerprint density at radius 1 is 1.06 bits per heavy atom. The van der Waals surface area contributed by atoms with Gasteiger partial charge in [0.1, 0.15) is 5.54 Å². The molecule has 2 fully saturated rings. The number of hydrogen-bond donors (Lipinski definition) is 2. The summed E-state index contributed by atoms with van der Waals surface area (Å²) in [6.45, 7) is 4.30. The highest BCUT2D eigenvalue weighted by molar-refractivity contribution is 7.98. The molecule has 6 nitrogen and oxygen atoms in total. The molecule has 3 aliphatic heterocycles. The van der Waals surface area contributed by atoms with E-state index in [0.29, 0.717) is 13.0 Å². The molecule has 3 amide bonds. The zero-order valence-electron chi connectivity index (χ0n) is 19.2. The van der Waals surface area contributed by atoms with Crippen LogP contribution in [0, 0.1) is 25.7 Å². The van der Waals surface area contributed by atoms with Crippen molar-refractivity contribution >= 4 is 35.2 Å². The van der Waals surface area contributed by atoms with Crippen LogP contribution in [0.15, 0.2) is 42.5 Å². The van der Waals surface area contributed by atoms with Gasteiger partial charge in [0, 0.05) is 23.8 Å². The quantitative estimate of drug-likeness (QED) is 0.644. The number of nitrogens with one attached hydrogen (secondary N) is 2. The van der Waals surface area contributed by atoms with E-state index in [1.807, 2.05) is 62.6 Å². The monoisotopic (exact) mass is 463 g/mol. The maximum atomic E-state index is 13.8. The van der Waals surface area contributed by atoms with Gasteiger partial charge in [-0.1, -0.05) is 48.0 Å². The van der Waals surface area contributed by atoms with Crippen LogP contribution in [0.3, 0.4) is 0 Å². The first-order valence-corrected chi connectivity index (χ1v) is 12.9. The van der Waals surface area contributed by atoms with Gasteiger partial charge in [-0.25, -0.2) is 0 Å². The molecule has 33 heavy (non-hydrogen) atoms. The van der Waals surface area contributed by atoms with Crippen molar-refractivity contribution < 1.29 is 14.4 Å². The lowest BCUT2D eigenvalue weighted by molar-refractivity contribution is -0.142. The van der Waals surface area contributed by atoms with Crippen LogP contribution in [0.1, 0.15) is 28.7 Å². The normalized spacial score (nSPS) is 27.9. The number of benzene rings is 2. The van der Waals surface area contributed by atoms with Crippen LogP contribution in [-0.4, -0.2) is 47.2 Å². The van der Waals surface area contributed by atoms with Gasteiger partial charge in [-0.2, -0.15) is 11.8 Å². The standard InChI is InChI=1S/C26H29N3O3S/c1-15-13-16(2)22-18(14-15)26(25(32)27-22)21-20(19(28-26)10-12-33-3)23(30)29(24(21)31)11-9-17-7-5-4-6-8-17/h4-8,13-14,19-21,28H,9-12H2,1-3H3,(H,27,32)/t19-,20-,21+,26+/m1/s1. The molecule has 0 radical (unpaired) electrons. The van der Waals surface area contributed by atoms with Crippen LogP contribution in [0.25, 0.3) is 0 Å². The summed E-state index contributed by atoms with van der Waals surface area (Å²) in [5, 5.41) is 6.56. The zero-order valence-corrected chi connectivity index (χ0v) is 20.0. The molecule has 2 aromatic rings. The summed E-state index contributed by atoms with van der Waals surface area (Å²) in [6.07, 6.45) is 3.36. The number of likely N-dealkylation sites (tertiary alicyclic amines) is 1. The minimum absolute atomic E-state index is 0.151. The number of aryl methyl sites for hydroxylation is 2. The van der Waals surface area contributed by atoms with Crippen LogP contribution in [0.5, 0.6) is 0 Å². The summed E-state index contributed by atoms with van der Waals surface area (Å²) in [4.78, 5) is 42.4. The molecule has 0 bridgehead atoms. The van der Waals surface area contributed by atoms with Crippen LogP contribution >= 0.6 is 11.8 Å². The molecule has 7 heteroatoms. The highest BCUT2D eigenvalue weighted by Crippen LogP contribution is 2.54. The number of imide groups is 1. The lowest BCUT2D eigenvalue weighted by Crippen LogP contribution is -2.53. The molecule has 0 aliphatic carbocycles. The fourth-order valence-electron chi connectivity index (χ4n) is 5.92. The van der Waals surface area contributed by atoms with Crippen molar-refractivity contribution in [2.24, 2.45) is 11.8 Å². The number of thioether (sulfide) groups is 1. The second kappa shape index (κ2) is 8.29. The molecule has 5 rings (SSSR count). The van der Waals surface area contributed by atoms with Crippen molar-refractivity contribution in [3.63, 3.8) is 0 Å². The highest BCUT2D eigenvalue weighted by Gasteiger charge is 2.70. The fraction of sp³-hybridized carbons (Fsp3) is 0.423. The Morgan fingerprint density at radius 2 is 1.82 bits per heavy atom. The second-order valence-corrected chi connectivity index (χ2v) is 10.4. The maximum Gasteiger partial charge on any atom is 0.250 e. The van der Waals surface area contributed by atoms with Crippen molar-refractivity contribution in [3.05, 3.63) is 64.7 Å². The Hall–Kier alpha value is -2.64. The number of carbonyl (C=O) groups excluding carboxylic acids is 3. The molecule has 0 aromatic heterocycles. The molecule has 172 valence electrons. The average Bonchev–Trinajstić information content (AvgIpc) is 3.37. The van der Waals surface area contributed by atoms with Gasteiger partial charge in [-0.3, -0.25) is 24.6 Å². The van der Waals surface area contributed by atoms with Crippen LogP contribution < -0.4 is 10.6 Å². The maximum absolute atomic E-state index is 13.8. The number of carbonyl (C=O) groups is 3. The summed E-state index contributed by atoms with van der Waals surface area (Å²) in [5.74, 6) is -1.01. The van der Waals surface area contributed by atoms with E-state index in [2.05, 4.69) is 10.6 Å². The minimum Gasteiger partial charge on any atom is -0.324 e. The van der Waals surface area contributed by atoms with Gasteiger partial charge in [-0.15, -0.1) is 0 Å². The molecule has 2 saturated heterocycles. The molecule has 0 unspecified atom stereocenters. The Labute approximate surface area is 198 Å². The number of amides is 3. The Morgan fingerprint density at radius 3 is 2.55 bits per heavy atom. The van der Waals surface area contributed by atoms with Gasteiger partial charge in [-0.05, 0) is 49.8 Å². The third kappa shape index (κ3) is 3.32. The molecular weight excluding hydrogens is 434 g/mol. The van der Waals surface area contributed by atoms with Crippen LogP contribution in [0.2, 0.25) is 0 Å². The summed E-state index contributed by atoms with van der Waals surface area (Å²) < 4.78 is 0. The summed E-state index contributed by atoms with van der Waals surface area (Å²) in [6, 6.07) is 13.7. The van der Waals surface area contributed by atoms with E-state index in [1.54, 1.807) is 11.8 Å². The van der Waals surface area contributed by atoms with Gasteiger partial charge in [0.05, 0.1) is 11.8 Å².